The van der Waals surface area contributed by atoms with Crippen molar-refractivity contribution in [1.29, 1.82) is 0 Å². The van der Waals surface area contributed by atoms with Gasteiger partial charge in [0.2, 0.25) is 5.91 Å². The van der Waals surface area contributed by atoms with E-state index in [1.54, 1.807) is 0 Å². The van der Waals surface area contributed by atoms with Crippen LogP contribution in [-0.2, 0) is 11.3 Å². The molecule has 5 nitrogen and oxygen atoms in total. The number of carbonyl (C=O) groups is 1. The van der Waals surface area contributed by atoms with Gasteiger partial charge in [-0.1, -0.05) is 40.2 Å². The molecule has 28 heavy (non-hydrogen) atoms. The highest BCUT2D eigenvalue weighted by Crippen LogP contribution is 2.31. The number of halogens is 1. The molecule has 0 aliphatic carbocycles. The maximum absolute atomic E-state index is 13.0. The van der Waals surface area contributed by atoms with E-state index in [0.29, 0.717) is 15.9 Å². The Kier molecular flexibility index (Phi) is 5.11. The highest BCUT2D eigenvalue weighted by molar-refractivity contribution is 9.10. The lowest BCUT2D eigenvalue weighted by molar-refractivity contribution is -0.116. The third kappa shape index (κ3) is 3.76. The summed E-state index contributed by atoms with van der Waals surface area (Å²) in [5.41, 5.74) is 3.31. The molecule has 0 bridgehead atoms. The zero-order valence-electron chi connectivity index (χ0n) is 15.0. The first kappa shape index (κ1) is 18.6. The number of benzene rings is 2. The Morgan fingerprint density at radius 1 is 1.21 bits per heavy atom. The average Bonchev–Trinajstić information content (AvgIpc) is 3.09. The fourth-order valence-corrected chi connectivity index (χ4v) is 4.17. The molecule has 2 aromatic carbocycles. The summed E-state index contributed by atoms with van der Waals surface area (Å²) in [6, 6.07) is 15.3. The van der Waals surface area contributed by atoms with E-state index in [9.17, 15) is 9.59 Å². The van der Waals surface area contributed by atoms with Crippen molar-refractivity contribution in [2.75, 3.05) is 5.32 Å². The van der Waals surface area contributed by atoms with Crippen LogP contribution in [0, 0.1) is 6.92 Å². The number of amides is 1. The highest BCUT2D eigenvalue weighted by Gasteiger charge is 2.15. The first-order valence-electron chi connectivity index (χ1n) is 8.60. The lowest BCUT2D eigenvalue weighted by atomic mass is 10.1. The number of hydrogen-bond acceptors (Lipinski definition) is 4. The molecule has 1 N–H and O–H groups in total. The predicted octanol–water partition coefficient (Wildman–Crippen LogP) is 4.83. The summed E-state index contributed by atoms with van der Waals surface area (Å²) in [7, 11) is 0. The monoisotopic (exact) mass is 453 g/mol. The molecule has 2 heterocycles. The molecule has 0 aliphatic rings. The number of aryl methyl sites for hydroxylation is 1. The summed E-state index contributed by atoms with van der Waals surface area (Å²) >= 11 is 4.85. The van der Waals surface area contributed by atoms with Crippen molar-refractivity contribution in [3.8, 4) is 11.1 Å². The Morgan fingerprint density at radius 3 is 2.75 bits per heavy atom. The number of hydrogen-bond donors (Lipinski definition) is 1. The van der Waals surface area contributed by atoms with Crippen LogP contribution in [0.3, 0.4) is 0 Å². The first-order valence-corrected chi connectivity index (χ1v) is 10.3. The van der Waals surface area contributed by atoms with Gasteiger partial charge in [0.15, 0.2) is 0 Å². The molecule has 0 saturated heterocycles. The van der Waals surface area contributed by atoms with E-state index in [0.717, 1.165) is 21.2 Å². The number of thiophene rings is 1. The van der Waals surface area contributed by atoms with Gasteiger partial charge in [-0.25, -0.2) is 4.98 Å². The molecular weight excluding hydrogens is 438 g/mol. The topological polar surface area (TPSA) is 64.0 Å². The van der Waals surface area contributed by atoms with Gasteiger partial charge in [0.05, 0.1) is 11.7 Å². The highest BCUT2D eigenvalue weighted by atomic mass is 79.9. The smallest absolute Gasteiger partial charge is 0.263 e. The lowest BCUT2D eigenvalue weighted by Crippen LogP contribution is -2.27. The normalized spacial score (nSPS) is 10.9. The molecule has 0 fully saturated rings. The van der Waals surface area contributed by atoms with Crippen molar-refractivity contribution in [3.63, 3.8) is 0 Å². The predicted molar refractivity (Wildman–Crippen MR) is 117 cm³/mol. The van der Waals surface area contributed by atoms with Crippen LogP contribution in [0.1, 0.15) is 5.56 Å². The first-order chi connectivity index (χ1) is 13.5. The van der Waals surface area contributed by atoms with E-state index < -0.39 is 0 Å². The fraction of sp³-hybridized carbons (Fsp3) is 0.0952. The van der Waals surface area contributed by atoms with Crippen molar-refractivity contribution in [1.82, 2.24) is 9.55 Å². The number of nitrogens with zero attached hydrogens (tertiary/aromatic N) is 2. The van der Waals surface area contributed by atoms with E-state index in [4.69, 9.17) is 0 Å². The van der Waals surface area contributed by atoms with Crippen molar-refractivity contribution < 1.29 is 4.79 Å². The number of anilines is 1. The molecule has 2 aromatic heterocycles. The number of fused-ring (bicyclic) bond motifs is 1. The number of carbonyl (C=O) groups excluding carboxylic acids is 1. The molecule has 0 radical (unpaired) electrons. The van der Waals surface area contributed by atoms with E-state index in [2.05, 4.69) is 26.2 Å². The van der Waals surface area contributed by atoms with Crippen LogP contribution in [0.15, 0.2) is 69.5 Å². The fourth-order valence-electron chi connectivity index (χ4n) is 3.00. The van der Waals surface area contributed by atoms with E-state index in [1.807, 2.05) is 60.8 Å². The van der Waals surface area contributed by atoms with Crippen LogP contribution in [-0.4, -0.2) is 15.5 Å². The van der Waals surface area contributed by atoms with Crippen molar-refractivity contribution >= 4 is 49.1 Å². The van der Waals surface area contributed by atoms with Gasteiger partial charge in [-0.15, -0.1) is 11.3 Å². The summed E-state index contributed by atoms with van der Waals surface area (Å²) in [5.74, 6) is -0.269. The Labute approximate surface area is 173 Å². The van der Waals surface area contributed by atoms with Gasteiger partial charge >= 0.3 is 0 Å². The third-order valence-electron chi connectivity index (χ3n) is 4.33. The zero-order chi connectivity index (χ0) is 19.7. The summed E-state index contributed by atoms with van der Waals surface area (Å²) in [6.07, 6.45) is 1.43. The lowest BCUT2D eigenvalue weighted by Gasteiger charge is -2.08. The van der Waals surface area contributed by atoms with Crippen molar-refractivity contribution in [2.24, 2.45) is 0 Å². The Balaban J connectivity index is 1.66. The molecule has 0 unspecified atom stereocenters. The minimum absolute atomic E-state index is 0.0919. The van der Waals surface area contributed by atoms with Gasteiger partial charge in [0.1, 0.15) is 11.4 Å². The molecule has 0 spiro atoms. The van der Waals surface area contributed by atoms with E-state index in [-0.39, 0.29) is 18.0 Å². The summed E-state index contributed by atoms with van der Waals surface area (Å²) < 4.78 is 2.32. The second-order valence-corrected chi connectivity index (χ2v) is 8.21. The van der Waals surface area contributed by atoms with Crippen LogP contribution >= 0.6 is 27.3 Å². The largest absolute Gasteiger partial charge is 0.325 e. The molecule has 4 rings (SSSR count). The average molecular weight is 454 g/mol. The van der Waals surface area contributed by atoms with Gasteiger partial charge in [0, 0.05) is 21.1 Å². The van der Waals surface area contributed by atoms with Gasteiger partial charge in [-0.2, -0.15) is 0 Å². The molecular formula is C21H16BrN3O2S. The van der Waals surface area contributed by atoms with Crippen molar-refractivity contribution in [3.05, 3.63) is 80.6 Å². The van der Waals surface area contributed by atoms with Crippen LogP contribution in [0.5, 0.6) is 0 Å². The van der Waals surface area contributed by atoms with Gasteiger partial charge < -0.3 is 5.32 Å². The SMILES string of the molecule is Cc1cccc(NC(=O)Cn2cnc3scc(-c4ccc(Br)cc4)c3c2=O)c1. The summed E-state index contributed by atoms with van der Waals surface area (Å²) in [4.78, 5) is 30.5. The molecule has 4 aromatic rings. The Bertz CT molecular complexity index is 1230. The number of rotatable bonds is 4. The number of nitrogens with one attached hydrogen (secondary N) is 1. The van der Waals surface area contributed by atoms with Crippen LogP contribution in [0.2, 0.25) is 0 Å². The van der Waals surface area contributed by atoms with Crippen LogP contribution in [0.25, 0.3) is 21.3 Å². The maximum atomic E-state index is 13.0. The second kappa shape index (κ2) is 7.69. The van der Waals surface area contributed by atoms with Gasteiger partial charge in [0.25, 0.3) is 5.56 Å². The Morgan fingerprint density at radius 2 is 2.00 bits per heavy atom. The summed E-state index contributed by atoms with van der Waals surface area (Å²) in [5, 5.41) is 5.29. The maximum Gasteiger partial charge on any atom is 0.263 e. The van der Waals surface area contributed by atoms with Gasteiger partial charge in [-0.05, 0) is 42.3 Å². The van der Waals surface area contributed by atoms with Crippen LogP contribution in [0.4, 0.5) is 5.69 Å². The van der Waals surface area contributed by atoms with E-state index >= 15 is 0 Å². The molecule has 1 amide bonds. The number of aromatic nitrogens is 2. The molecule has 7 heteroatoms. The van der Waals surface area contributed by atoms with E-state index in [1.165, 1.54) is 22.2 Å². The molecule has 0 atom stereocenters. The van der Waals surface area contributed by atoms with Crippen LogP contribution < -0.4 is 10.9 Å². The minimum Gasteiger partial charge on any atom is -0.325 e. The summed E-state index contributed by atoms with van der Waals surface area (Å²) in [6.45, 7) is 1.86. The molecule has 0 aliphatic heterocycles. The quantitative estimate of drug-likeness (QED) is 0.480. The minimum atomic E-state index is -0.269. The second-order valence-electron chi connectivity index (χ2n) is 6.43. The third-order valence-corrected chi connectivity index (χ3v) is 5.75. The molecule has 0 saturated carbocycles. The van der Waals surface area contributed by atoms with Crippen molar-refractivity contribution in [2.45, 2.75) is 13.5 Å². The van der Waals surface area contributed by atoms with Gasteiger partial charge in [-0.3, -0.25) is 14.2 Å². The zero-order valence-corrected chi connectivity index (χ0v) is 17.4. The standard InChI is InChI=1S/C21H16BrN3O2S/c1-13-3-2-4-16(9-13)24-18(26)10-25-12-23-20-19(21(25)27)17(11-28-20)14-5-7-15(22)8-6-14/h2-9,11-12H,10H2,1H3,(H,24,26). The Hall–Kier alpha value is -2.77. The molecule has 140 valence electrons.